The van der Waals surface area contributed by atoms with E-state index in [0.29, 0.717) is 17.4 Å². The lowest BCUT2D eigenvalue weighted by Crippen LogP contribution is -2.33. The molecule has 0 aromatic carbocycles. The molecule has 2 rings (SSSR count). The third-order valence-electron chi connectivity index (χ3n) is 4.02. The third kappa shape index (κ3) is 2.17. The highest BCUT2D eigenvalue weighted by atomic mass is 16.3. The molecule has 2 atom stereocenters. The Labute approximate surface area is 98.4 Å². The zero-order valence-electron chi connectivity index (χ0n) is 10.6. The number of nitrogens with one attached hydrogen (secondary N) is 1. The predicted molar refractivity (Wildman–Crippen MR) is 66.2 cm³/mol. The van der Waals surface area contributed by atoms with E-state index in [1.165, 1.54) is 19.3 Å². The Balaban J connectivity index is 2.19. The van der Waals surface area contributed by atoms with E-state index in [0.717, 1.165) is 12.3 Å². The summed E-state index contributed by atoms with van der Waals surface area (Å²) in [4.78, 5) is 0. The molecular formula is C14H23NO. The molecule has 1 aromatic rings. The highest BCUT2D eigenvalue weighted by molar-refractivity contribution is 5.09. The van der Waals surface area contributed by atoms with E-state index in [1.807, 2.05) is 6.07 Å². The van der Waals surface area contributed by atoms with Crippen molar-refractivity contribution in [1.29, 1.82) is 0 Å². The summed E-state index contributed by atoms with van der Waals surface area (Å²) in [7, 11) is 0. The normalized spacial score (nSPS) is 25.8. The van der Waals surface area contributed by atoms with E-state index in [1.54, 1.807) is 6.26 Å². The average molecular weight is 221 g/mol. The highest BCUT2D eigenvalue weighted by Crippen LogP contribution is 2.48. The van der Waals surface area contributed by atoms with E-state index in [2.05, 4.69) is 32.2 Å². The van der Waals surface area contributed by atoms with Crippen molar-refractivity contribution < 1.29 is 4.42 Å². The summed E-state index contributed by atoms with van der Waals surface area (Å²) in [5, 5.41) is 3.59. The summed E-state index contributed by atoms with van der Waals surface area (Å²) < 4.78 is 5.59. The molecule has 0 aliphatic heterocycles. The molecule has 0 spiro atoms. The molecule has 0 amide bonds. The lowest BCUT2D eigenvalue weighted by atomic mass is 9.77. The molecule has 2 nitrogen and oxygen atoms in total. The van der Waals surface area contributed by atoms with Gasteiger partial charge in [-0.2, -0.15) is 0 Å². The fourth-order valence-corrected chi connectivity index (χ4v) is 3.10. The number of hydrogen-bond donors (Lipinski definition) is 1. The molecular weight excluding hydrogens is 198 g/mol. The first-order valence-corrected chi connectivity index (χ1v) is 6.42. The van der Waals surface area contributed by atoms with Gasteiger partial charge in [0.2, 0.25) is 0 Å². The van der Waals surface area contributed by atoms with E-state index < -0.39 is 0 Å². The lowest BCUT2D eigenvalue weighted by molar-refractivity contribution is 0.182. The SMILES string of the molecule is CCNC(c1ccco1)C1CCCC1(C)C. The Morgan fingerprint density at radius 1 is 1.56 bits per heavy atom. The Kier molecular flexibility index (Phi) is 3.38. The van der Waals surface area contributed by atoms with Crippen molar-refractivity contribution in [2.24, 2.45) is 11.3 Å². The molecule has 1 aromatic heterocycles. The summed E-state index contributed by atoms with van der Waals surface area (Å²) >= 11 is 0. The molecule has 1 fully saturated rings. The molecule has 90 valence electrons. The molecule has 16 heavy (non-hydrogen) atoms. The van der Waals surface area contributed by atoms with Crippen molar-refractivity contribution in [2.45, 2.75) is 46.1 Å². The Morgan fingerprint density at radius 3 is 2.88 bits per heavy atom. The summed E-state index contributed by atoms with van der Waals surface area (Å²) in [6.07, 6.45) is 5.77. The first-order chi connectivity index (χ1) is 7.65. The van der Waals surface area contributed by atoms with Gasteiger partial charge < -0.3 is 9.73 Å². The van der Waals surface area contributed by atoms with Crippen molar-refractivity contribution in [1.82, 2.24) is 5.32 Å². The minimum absolute atomic E-state index is 0.387. The molecule has 0 saturated heterocycles. The molecule has 0 radical (unpaired) electrons. The van der Waals surface area contributed by atoms with Crippen LogP contribution >= 0.6 is 0 Å². The van der Waals surface area contributed by atoms with Crippen molar-refractivity contribution in [3.05, 3.63) is 24.2 Å². The smallest absolute Gasteiger partial charge is 0.120 e. The van der Waals surface area contributed by atoms with Crippen LogP contribution in [0.4, 0.5) is 0 Å². The van der Waals surface area contributed by atoms with Crippen LogP contribution in [0.3, 0.4) is 0 Å². The van der Waals surface area contributed by atoms with Crippen LogP contribution in [0.25, 0.3) is 0 Å². The van der Waals surface area contributed by atoms with Gasteiger partial charge in [0, 0.05) is 0 Å². The fraction of sp³-hybridized carbons (Fsp3) is 0.714. The maximum atomic E-state index is 5.59. The molecule has 2 heteroatoms. The van der Waals surface area contributed by atoms with Gasteiger partial charge in [-0.3, -0.25) is 0 Å². The molecule has 2 unspecified atom stereocenters. The average Bonchev–Trinajstić information content (AvgIpc) is 2.84. The van der Waals surface area contributed by atoms with E-state index in [-0.39, 0.29) is 0 Å². The van der Waals surface area contributed by atoms with Gasteiger partial charge in [0.25, 0.3) is 0 Å². The van der Waals surface area contributed by atoms with Crippen molar-refractivity contribution in [3.63, 3.8) is 0 Å². The standard InChI is InChI=1S/C14H23NO/c1-4-15-13(12-8-6-10-16-12)11-7-5-9-14(11,2)3/h6,8,10-11,13,15H,4-5,7,9H2,1-3H3. The van der Waals surface area contributed by atoms with Gasteiger partial charge in [-0.1, -0.05) is 27.2 Å². The fourth-order valence-electron chi connectivity index (χ4n) is 3.10. The predicted octanol–water partition coefficient (Wildman–Crippen LogP) is 3.76. The molecule has 1 saturated carbocycles. The molecule has 0 bridgehead atoms. The van der Waals surface area contributed by atoms with Crippen LogP contribution in [0.5, 0.6) is 0 Å². The van der Waals surface area contributed by atoms with Crippen LogP contribution in [0.15, 0.2) is 22.8 Å². The van der Waals surface area contributed by atoms with Gasteiger partial charge in [0.05, 0.1) is 12.3 Å². The van der Waals surface area contributed by atoms with Crippen LogP contribution < -0.4 is 5.32 Å². The Bertz CT molecular complexity index is 315. The zero-order valence-corrected chi connectivity index (χ0v) is 10.6. The van der Waals surface area contributed by atoms with Crippen molar-refractivity contribution in [2.75, 3.05) is 6.54 Å². The first-order valence-electron chi connectivity index (χ1n) is 6.42. The second kappa shape index (κ2) is 4.62. The van der Waals surface area contributed by atoms with Crippen LogP contribution in [0.1, 0.15) is 51.8 Å². The van der Waals surface area contributed by atoms with Crippen molar-refractivity contribution in [3.8, 4) is 0 Å². The van der Waals surface area contributed by atoms with Gasteiger partial charge >= 0.3 is 0 Å². The Morgan fingerprint density at radius 2 is 2.38 bits per heavy atom. The summed E-state index contributed by atoms with van der Waals surface area (Å²) in [5.41, 5.74) is 0.430. The van der Waals surface area contributed by atoms with Gasteiger partial charge in [0.1, 0.15) is 5.76 Å². The van der Waals surface area contributed by atoms with E-state index >= 15 is 0 Å². The van der Waals surface area contributed by atoms with Gasteiger partial charge in [0.15, 0.2) is 0 Å². The maximum absolute atomic E-state index is 5.59. The van der Waals surface area contributed by atoms with E-state index in [4.69, 9.17) is 4.42 Å². The van der Waals surface area contributed by atoms with E-state index in [9.17, 15) is 0 Å². The zero-order chi connectivity index (χ0) is 11.6. The molecule has 1 heterocycles. The number of rotatable bonds is 4. The number of hydrogen-bond acceptors (Lipinski definition) is 2. The minimum atomic E-state index is 0.387. The minimum Gasteiger partial charge on any atom is -0.468 e. The third-order valence-corrected chi connectivity index (χ3v) is 4.02. The van der Waals surface area contributed by atoms with Crippen LogP contribution in [0, 0.1) is 11.3 Å². The summed E-state index contributed by atoms with van der Waals surface area (Å²) in [6, 6.07) is 4.47. The monoisotopic (exact) mass is 221 g/mol. The topological polar surface area (TPSA) is 25.2 Å². The maximum Gasteiger partial charge on any atom is 0.120 e. The second-order valence-electron chi connectivity index (χ2n) is 5.54. The van der Waals surface area contributed by atoms with Crippen molar-refractivity contribution >= 4 is 0 Å². The largest absolute Gasteiger partial charge is 0.468 e. The van der Waals surface area contributed by atoms with Gasteiger partial charge in [-0.25, -0.2) is 0 Å². The van der Waals surface area contributed by atoms with Gasteiger partial charge in [-0.05, 0) is 42.9 Å². The van der Waals surface area contributed by atoms with Crippen LogP contribution in [-0.4, -0.2) is 6.54 Å². The molecule has 1 N–H and O–H groups in total. The molecule has 1 aliphatic rings. The summed E-state index contributed by atoms with van der Waals surface area (Å²) in [6.45, 7) is 7.94. The van der Waals surface area contributed by atoms with Crippen LogP contribution in [-0.2, 0) is 0 Å². The quantitative estimate of drug-likeness (QED) is 0.837. The highest BCUT2D eigenvalue weighted by Gasteiger charge is 2.40. The second-order valence-corrected chi connectivity index (χ2v) is 5.54. The number of furan rings is 1. The molecule has 1 aliphatic carbocycles. The van der Waals surface area contributed by atoms with Crippen LogP contribution in [0.2, 0.25) is 0 Å². The first kappa shape index (κ1) is 11.7. The lowest BCUT2D eigenvalue weighted by Gasteiger charge is -2.33. The van der Waals surface area contributed by atoms with Gasteiger partial charge in [-0.15, -0.1) is 0 Å². The summed E-state index contributed by atoms with van der Waals surface area (Å²) in [5.74, 6) is 1.79. The Hall–Kier alpha value is -0.760.